The first-order valence-corrected chi connectivity index (χ1v) is 8.93. The standard InChI is InChI=1S/C19H22N4O3/c1-2-17(24)22-10-15(11-22)23-9-13-4-3-12(7-16(13)19(23)26)18(25)21-14-5-6-20-8-14/h2-4,7,14-15,20H,1,5-6,8-11H2,(H,21,25). The molecule has 26 heavy (non-hydrogen) atoms. The van der Waals surface area contributed by atoms with Gasteiger partial charge in [-0.25, -0.2) is 0 Å². The van der Waals surface area contributed by atoms with Crippen LogP contribution in [0.4, 0.5) is 0 Å². The minimum atomic E-state index is -0.140. The van der Waals surface area contributed by atoms with Crippen molar-refractivity contribution in [3.63, 3.8) is 0 Å². The summed E-state index contributed by atoms with van der Waals surface area (Å²) in [7, 11) is 0. The summed E-state index contributed by atoms with van der Waals surface area (Å²) >= 11 is 0. The summed E-state index contributed by atoms with van der Waals surface area (Å²) in [5.41, 5.74) is 2.04. The van der Waals surface area contributed by atoms with E-state index < -0.39 is 0 Å². The number of hydrogen-bond acceptors (Lipinski definition) is 4. The third-order valence-corrected chi connectivity index (χ3v) is 5.39. The number of nitrogens with one attached hydrogen (secondary N) is 2. The summed E-state index contributed by atoms with van der Waals surface area (Å²) in [4.78, 5) is 40.2. The zero-order valence-corrected chi connectivity index (χ0v) is 14.5. The van der Waals surface area contributed by atoms with Gasteiger partial charge in [0.1, 0.15) is 0 Å². The lowest BCUT2D eigenvalue weighted by atomic mass is 10.1. The van der Waals surface area contributed by atoms with Gasteiger partial charge >= 0.3 is 0 Å². The second-order valence-electron chi connectivity index (χ2n) is 7.07. The number of carbonyl (C=O) groups is 3. The van der Waals surface area contributed by atoms with Crippen molar-refractivity contribution < 1.29 is 14.4 Å². The van der Waals surface area contributed by atoms with E-state index in [4.69, 9.17) is 0 Å². The predicted molar refractivity (Wildman–Crippen MR) is 95.6 cm³/mol. The molecule has 2 N–H and O–H groups in total. The lowest BCUT2D eigenvalue weighted by Gasteiger charge is -2.43. The van der Waals surface area contributed by atoms with Crippen LogP contribution in [-0.4, -0.2) is 65.8 Å². The van der Waals surface area contributed by atoms with E-state index >= 15 is 0 Å². The molecule has 0 aromatic heterocycles. The number of nitrogens with zero attached hydrogens (tertiary/aromatic N) is 2. The van der Waals surface area contributed by atoms with E-state index in [0.717, 1.165) is 25.1 Å². The Balaban J connectivity index is 1.43. The van der Waals surface area contributed by atoms with Crippen molar-refractivity contribution in [3.8, 4) is 0 Å². The van der Waals surface area contributed by atoms with Gasteiger partial charge in [-0.1, -0.05) is 12.6 Å². The molecule has 136 valence electrons. The Bertz CT molecular complexity index is 779. The molecule has 1 atom stereocenters. The maximum atomic E-state index is 12.8. The first-order valence-electron chi connectivity index (χ1n) is 8.93. The number of amides is 3. The molecule has 3 aliphatic heterocycles. The van der Waals surface area contributed by atoms with Crippen LogP contribution in [-0.2, 0) is 11.3 Å². The normalized spacial score (nSPS) is 22.2. The molecule has 0 aliphatic carbocycles. The molecular weight excluding hydrogens is 332 g/mol. The van der Waals surface area contributed by atoms with Crippen molar-refractivity contribution in [2.45, 2.75) is 25.0 Å². The van der Waals surface area contributed by atoms with E-state index in [9.17, 15) is 14.4 Å². The van der Waals surface area contributed by atoms with Gasteiger partial charge in [-0.3, -0.25) is 14.4 Å². The maximum Gasteiger partial charge on any atom is 0.254 e. The molecule has 1 unspecified atom stereocenters. The van der Waals surface area contributed by atoms with Crippen LogP contribution in [0.1, 0.15) is 32.7 Å². The maximum absolute atomic E-state index is 12.8. The fourth-order valence-electron chi connectivity index (χ4n) is 3.77. The minimum absolute atomic E-state index is 0.0284. The number of hydrogen-bond donors (Lipinski definition) is 2. The van der Waals surface area contributed by atoms with Gasteiger partial charge in [-0.15, -0.1) is 0 Å². The van der Waals surface area contributed by atoms with Crippen LogP contribution in [0, 0.1) is 0 Å². The highest BCUT2D eigenvalue weighted by molar-refractivity contribution is 6.02. The van der Waals surface area contributed by atoms with Crippen molar-refractivity contribution >= 4 is 17.7 Å². The molecule has 3 aliphatic rings. The first-order chi connectivity index (χ1) is 12.6. The van der Waals surface area contributed by atoms with E-state index in [1.54, 1.807) is 21.9 Å². The number of rotatable bonds is 4. The highest BCUT2D eigenvalue weighted by Gasteiger charge is 2.40. The highest BCUT2D eigenvalue weighted by Crippen LogP contribution is 2.29. The van der Waals surface area contributed by atoms with E-state index in [1.807, 2.05) is 6.07 Å². The molecule has 0 spiro atoms. The Morgan fingerprint density at radius 3 is 2.81 bits per heavy atom. The van der Waals surface area contributed by atoms with E-state index in [0.29, 0.717) is 30.8 Å². The molecule has 7 heteroatoms. The minimum Gasteiger partial charge on any atom is -0.348 e. The summed E-state index contributed by atoms with van der Waals surface area (Å²) in [6.45, 7) is 6.78. The number of carbonyl (C=O) groups excluding carboxylic acids is 3. The average molecular weight is 354 g/mol. The Morgan fingerprint density at radius 1 is 1.31 bits per heavy atom. The van der Waals surface area contributed by atoms with Gasteiger partial charge in [-0.2, -0.15) is 0 Å². The van der Waals surface area contributed by atoms with Gasteiger partial charge in [0.15, 0.2) is 0 Å². The molecule has 0 bridgehead atoms. The highest BCUT2D eigenvalue weighted by atomic mass is 16.2. The molecule has 2 saturated heterocycles. The van der Waals surface area contributed by atoms with Gasteiger partial charge in [-0.05, 0) is 36.7 Å². The first kappa shape index (κ1) is 16.8. The lowest BCUT2D eigenvalue weighted by molar-refractivity contribution is -0.132. The van der Waals surface area contributed by atoms with Crippen LogP contribution < -0.4 is 10.6 Å². The molecule has 3 amide bonds. The van der Waals surface area contributed by atoms with E-state index in [2.05, 4.69) is 17.2 Å². The van der Waals surface area contributed by atoms with Gasteiger partial charge in [0, 0.05) is 43.3 Å². The third-order valence-electron chi connectivity index (χ3n) is 5.39. The molecule has 3 heterocycles. The predicted octanol–water partition coefficient (Wildman–Crippen LogP) is 0.131. The molecular formula is C19H22N4O3. The quantitative estimate of drug-likeness (QED) is 0.753. The van der Waals surface area contributed by atoms with Crippen LogP contribution in [0.15, 0.2) is 30.9 Å². The second-order valence-corrected chi connectivity index (χ2v) is 7.07. The van der Waals surface area contributed by atoms with Gasteiger partial charge in [0.05, 0.1) is 6.04 Å². The van der Waals surface area contributed by atoms with Crippen LogP contribution in [0.2, 0.25) is 0 Å². The molecule has 4 rings (SSSR count). The molecule has 1 aromatic rings. The van der Waals surface area contributed by atoms with E-state index in [-0.39, 0.29) is 29.8 Å². The Hall–Kier alpha value is -2.67. The summed E-state index contributed by atoms with van der Waals surface area (Å²) < 4.78 is 0. The van der Waals surface area contributed by atoms with Gasteiger partial charge in [0.25, 0.3) is 11.8 Å². The van der Waals surface area contributed by atoms with E-state index in [1.165, 1.54) is 6.08 Å². The average Bonchev–Trinajstić information content (AvgIpc) is 3.22. The molecule has 2 fully saturated rings. The van der Waals surface area contributed by atoms with Crippen LogP contribution in [0.3, 0.4) is 0 Å². The molecule has 7 nitrogen and oxygen atoms in total. The number of likely N-dealkylation sites (tertiary alicyclic amines) is 1. The van der Waals surface area contributed by atoms with Gasteiger partial charge in [0.2, 0.25) is 5.91 Å². The fraction of sp³-hybridized carbons (Fsp3) is 0.421. The number of benzene rings is 1. The van der Waals surface area contributed by atoms with Crippen molar-refractivity contribution in [3.05, 3.63) is 47.5 Å². The monoisotopic (exact) mass is 354 g/mol. The van der Waals surface area contributed by atoms with Crippen LogP contribution in [0.25, 0.3) is 0 Å². The Kier molecular flexibility index (Phi) is 4.24. The summed E-state index contributed by atoms with van der Waals surface area (Å²) in [6, 6.07) is 5.51. The largest absolute Gasteiger partial charge is 0.348 e. The van der Waals surface area contributed by atoms with Crippen molar-refractivity contribution in [1.29, 1.82) is 0 Å². The fourth-order valence-corrected chi connectivity index (χ4v) is 3.77. The topological polar surface area (TPSA) is 81.8 Å². The Labute approximate surface area is 152 Å². The summed E-state index contributed by atoms with van der Waals surface area (Å²) in [5, 5.41) is 6.22. The summed E-state index contributed by atoms with van der Waals surface area (Å²) in [5.74, 6) is -0.308. The summed E-state index contributed by atoms with van der Waals surface area (Å²) in [6.07, 6.45) is 2.21. The van der Waals surface area contributed by atoms with Crippen molar-refractivity contribution in [2.24, 2.45) is 0 Å². The van der Waals surface area contributed by atoms with Gasteiger partial charge < -0.3 is 20.4 Å². The van der Waals surface area contributed by atoms with Crippen LogP contribution in [0.5, 0.6) is 0 Å². The van der Waals surface area contributed by atoms with Crippen molar-refractivity contribution in [2.75, 3.05) is 26.2 Å². The molecule has 0 radical (unpaired) electrons. The molecule has 0 saturated carbocycles. The zero-order valence-electron chi connectivity index (χ0n) is 14.5. The van der Waals surface area contributed by atoms with Crippen LogP contribution >= 0.6 is 0 Å². The SMILES string of the molecule is C=CC(=O)N1CC(N2Cc3ccc(C(=O)NC4CCNC4)cc3C2=O)C1. The smallest absolute Gasteiger partial charge is 0.254 e. The number of fused-ring (bicyclic) bond motifs is 1. The lowest BCUT2D eigenvalue weighted by Crippen LogP contribution is -2.60. The Morgan fingerprint density at radius 2 is 2.12 bits per heavy atom. The van der Waals surface area contributed by atoms with Crippen molar-refractivity contribution in [1.82, 2.24) is 20.4 Å². The third kappa shape index (κ3) is 2.88. The zero-order chi connectivity index (χ0) is 18.3. The molecule has 1 aromatic carbocycles. The second kappa shape index (κ2) is 6.57.